The van der Waals surface area contributed by atoms with Crippen molar-refractivity contribution in [1.29, 1.82) is 0 Å². The molecule has 12 atom stereocenters. The molecule has 3 fully saturated rings. The Morgan fingerprint density at radius 3 is 1.47 bits per heavy atom. The zero-order valence-corrected chi connectivity index (χ0v) is 54.4. The van der Waals surface area contributed by atoms with E-state index in [9.17, 15) is 69.3 Å². The lowest BCUT2D eigenvalue weighted by Gasteiger charge is -2.42. The van der Waals surface area contributed by atoms with Gasteiger partial charge >= 0.3 is 0 Å². The summed E-state index contributed by atoms with van der Waals surface area (Å²) in [6.45, 7) is 11.3. The molecule has 3 aliphatic heterocycles. The first-order chi connectivity index (χ1) is 44.1. The maximum absolute atomic E-state index is 13.6. The third-order valence-electron chi connectivity index (χ3n) is 16.8. The van der Waals surface area contributed by atoms with Gasteiger partial charge in [-0.05, 0) is 49.3 Å². The van der Waals surface area contributed by atoms with Gasteiger partial charge in [0.1, 0.15) is 54.5 Å². The summed E-state index contributed by atoms with van der Waals surface area (Å²) in [7, 11) is 0. The lowest BCUT2D eigenvalue weighted by Crippen LogP contribution is -2.64. The highest BCUT2D eigenvalue weighted by Gasteiger charge is 2.52. The predicted octanol–water partition coefficient (Wildman–Crippen LogP) is 0.0652. The van der Waals surface area contributed by atoms with E-state index >= 15 is 0 Å². The number of Topliss-reactive ketones (excluding diaryl/α,β-unsaturated/α-hetero) is 2. The number of nitrogens with one attached hydrogen (secondary N) is 4. The molecular weight excluding hydrogens is 1210 g/mol. The van der Waals surface area contributed by atoms with E-state index in [1.165, 1.54) is 32.0 Å². The van der Waals surface area contributed by atoms with Crippen molar-refractivity contribution in [2.24, 2.45) is 10.8 Å². The average Bonchev–Trinajstić information content (AvgIpc) is 1.63. The second-order valence-electron chi connectivity index (χ2n) is 24.0. The van der Waals surface area contributed by atoms with Crippen molar-refractivity contribution >= 4 is 46.8 Å². The Bertz CT molecular complexity index is 2250. The molecular formula is C63H105N5O24. The molecule has 0 spiro atoms. The molecule has 1 aromatic carbocycles. The Labute approximate surface area is 539 Å². The van der Waals surface area contributed by atoms with E-state index < -0.39 is 98.1 Å². The minimum Gasteiger partial charge on any atom is -0.396 e. The number of aliphatic hydroxyl groups is 7. The van der Waals surface area contributed by atoms with Crippen LogP contribution in [0.5, 0.6) is 0 Å². The van der Waals surface area contributed by atoms with Crippen molar-refractivity contribution in [2.45, 2.75) is 179 Å². The second kappa shape index (κ2) is 43.3. The van der Waals surface area contributed by atoms with Crippen LogP contribution in [0.1, 0.15) is 139 Å². The van der Waals surface area contributed by atoms with E-state index in [1.807, 2.05) is 4.90 Å². The molecule has 0 aliphatic carbocycles. The van der Waals surface area contributed by atoms with Crippen molar-refractivity contribution in [3.05, 3.63) is 29.3 Å². The van der Waals surface area contributed by atoms with Crippen LogP contribution in [0.2, 0.25) is 0 Å². The number of unbranched alkanes of at least 4 members (excludes halogenated alkanes) is 5. The van der Waals surface area contributed by atoms with Gasteiger partial charge in [0.25, 0.3) is 5.91 Å². The summed E-state index contributed by atoms with van der Waals surface area (Å²) in [6, 6.07) is 2.24. The maximum Gasteiger partial charge on any atom is 0.251 e. The lowest BCUT2D eigenvalue weighted by atomic mass is 9.67. The number of hydrogen-bond donors (Lipinski definition) is 11. The molecule has 3 saturated heterocycles. The number of carbonyl (C=O) groups excluding carboxylic acids is 7. The summed E-state index contributed by atoms with van der Waals surface area (Å²) >= 11 is 0. The molecule has 3 heterocycles. The van der Waals surface area contributed by atoms with Crippen molar-refractivity contribution in [1.82, 2.24) is 20.9 Å². The molecule has 0 radical (unpaired) electrons. The fourth-order valence-electron chi connectivity index (χ4n) is 10.9. The summed E-state index contributed by atoms with van der Waals surface area (Å²) in [5, 5.41) is 80.7. The van der Waals surface area contributed by atoms with Crippen molar-refractivity contribution in [3.8, 4) is 0 Å². The Kier molecular flexibility index (Phi) is 37.5. The molecule has 92 heavy (non-hydrogen) atoms. The predicted molar refractivity (Wildman–Crippen MR) is 330 cm³/mol. The lowest BCUT2D eigenvalue weighted by molar-refractivity contribution is -0.272. The van der Waals surface area contributed by atoms with Crippen molar-refractivity contribution < 1.29 is 117 Å². The van der Waals surface area contributed by atoms with E-state index in [2.05, 4.69) is 42.0 Å². The van der Waals surface area contributed by atoms with Gasteiger partial charge in [-0.25, -0.2) is 0 Å². The van der Waals surface area contributed by atoms with Gasteiger partial charge in [0, 0.05) is 94.4 Å². The number of carbonyl (C=O) groups is 7. The van der Waals surface area contributed by atoms with Crippen LogP contribution >= 0.6 is 0 Å². The second-order valence-corrected chi connectivity index (χ2v) is 24.0. The smallest absolute Gasteiger partial charge is 0.251 e. The van der Waals surface area contributed by atoms with Crippen LogP contribution in [-0.4, -0.2) is 275 Å². The minimum atomic E-state index is -1.43. The molecule has 29 nitrogen and oxygen atoms in total. The molecule has 526 valence electrons. The molecule has 4 rings (SSSR count). The quantitative estimate of drug-likeness (QED) is 0.0304. The number of ketones is 2. The summed E-state index contributed by atoms with van der Waals surface area (Å²) < 4.78 is 55.7. The number of nitrogens with zero attached hydrogens (tertiary/aromatic N) is 1. The highest BCUT2D eigenvalue weighted by Crippen LogP contribution is 2.48. The molecule has 0 saturated carbocycles. The van der Waals surface area contributed by atoms with Crippen LogP contribution in [-0.2, 0) is 71.3 Å². The first kappa shape index (κ1) is 79.7. The van der Waals surface area contributed by atoms with Crippen LogP contribution in [0.15, 0.2) is 18.2 Å². The summed E-state index contributed by atoms with van der Waals surface area (Å²) in [5.41, 5.74) is 0.0698. The first-order valence-corrected chi connectivity index (χ1v) is 32.3. The monoisotopic (exact) mass is 1320 g/mol. The van der Waals surface area contributed by atoms with E-state index in [1.54, 1.807) is 0 Å². The van der Waals surface area contributed by atoms with E-state index in [0.717, 1.165) is 38.5 Å². The zero-order valence-electron chi connectivity index (χ0n) is 54.4. The van der Waals surface area contributed by atoms with Crippen LogP contribution < -0.4 is 21.3 Å². The third kappa shape index (κ3) is 27.5. The number of benzene rings is 1. The average molecular weight is 1320 g/mol. The summed E-state index contributed by atoms with van der Waals surface area (Å²) in [4.78, 5) is 91.2. The van der Waals surface area contributed by atoms with Crippen molar-refractivity contribution in [3.63, 3.8) is 0 Å². The fourth-order valence-corrected chi connectivity index (χ4v) is 10.9. The Hall–Kier alpha value is -4.77. The SMILES string of the molecule is CCC1(C)CN(C(=O)CCCCCCCCC(=O)CCC(=O)Nc2cc(C(=O)CCCOCCOCCOCCOC3O[C@H](CO)[C@H](O)[C@H](O)[C@H]3NC(C)=O)cc(C(=O)NCCOCCOCCOCCOC3O[C@H](CO)[C@H](O)[C@H](O)[C@H]3NC(C)=O)c2)CC1(C)CO. The number of hydrogen-bond acceptors (Lipinski definition) is 24. The number of aliphatic hydroxyl groups excluding tert-OH is 7. The van der Waals surface area contributed by atoms with Gasteiger partial charge in [0.2, 0.25) is 23.6 Å². The summed E-state index contributed by atoms with van der Waals surface area (Å²) in [6.07, 6.45) is -3.10. The van der Waals surface area contributed by atoms with Gasteiger partial charge in [0.05, 0.1) is 106 Å². The van der Waals surface area contributed by atoms with Gasteiger partial charge in [-0.1, -0.05) is 46.5 Å². The van der Waals surface area contributed by atoms with Crippen LogP contribution in [0, 0.1) is 10.8 Å². The third-order valence-corrected chi connectivity index (χ3v) is 16.8. The van der Waals surface area contributed by atoms with E-state index in [-0.39, 0.29) is 170 Å². The van der Waals surface area contributed by atoms with Gasteiger partial charge in [0.15, 0.2) is 18.4 Å². The van der Waals surface area contributed by atoms with Crippen LogP contribution in [0.3, 0.4) is 0 Å². The zero-order chi connectivity index (χ0) is 67.5. The van der Waals surface area contributed by atoms with Gasteiger partial charge in [-0.15, -0.1) is 0 Å². The molecule has 29 heteroatoms. The molecule has 11 N–H and O–H groups in total. The topological polar surface area (TPSA) is 405 Å². The van der Waals surface area contributed by atoms with E-state index in [0.29, 0.717) is 38.8 Å². The largest absolute Gasteiger partial charge is 0.396 e. The maximum atomic E-state index is 13.6. The normalized spacial score (nSPS) is 25.5. The van der Waals surface area contributed by atoms with E-state index in [4.69, 9.17) is 47.4 Å². The summed E-state index contributed by atoms with van der Waals surface area (Å²) in [5.74, 6) is -2.15. The Balaban J connectivity index is 1.14. The minimum absolute atomic E-state index is 0.00860. The highest BCUT2D eigenvalue weighted by atomic mass is 16.7. The van der Waals surface area contributed by atoms with Gasteiger partial charge in [-0.3, -0.25) is 33.6 Å². The molecule has 3 aliphatic rings. The van der Waals surface area contributed by atoms with Gasteiger partial charge in [-0.2, -0.15) is 0 Å². The van der Waals surface area contributed by atoms with Crippen LogP contribution in [0.4, 0.5) is 5.69 Å². The number of amides is 5. The molecule has 1 aromatic rings. The number of ether oxygens (including phenoxy) is 10. The Morgan fingerprint density at radius 2 is 0.989 bits per heavy atom. The highest BCUT2D eigenvalue weighted by molar-refractivity contribution is 6.03. The standard InChI is InChI=1S/C63H105N5O24/c1-6-62(4)39-68(40-63(62,5)41-71)52(77)16-12-10-8-7-9-11-14-47(74)17-18-51(76)67-46-35-44(48(75)15-13-20-83-22-24-85-26-28-87-30-32-89-60-53(65-42(2)72)57(80)55(78)49(37-69)91-60)34-45(36-46)59(82)64-19-21-84-23-25-86-27-29-88-31-33-90-61-54(66-43(3)73)58(81)56(79)50(38-70)92-61/h34-36,49-50,53-58,60-61,69-71,78-81H,6-33,37-41H2,1-5H3,(H,64,82)(H,65,72)(H,66,73)(H,67,76)/t49-,50-,53-,54-,55+,56+,57-,58-,60?,61?,62?,63?/m1/s1. The van der Waals surface area contributed by atoms with Crippen molar-refractivity contribution in [2.75, 3.05) is 137 Å². The molecule has 0 bridgehead atoms. The van der Waals surface area contributed by atoms with Gasteiger partial charge < -0.3 is 109 Å². The van der Waals surface area contributed by atoms with Crippen LogP contribution in [0.25, 0.3) is 0 Å². The first-order valence-electron chi connectivity index (χ1n) is 32.3. The molecule has 0 aromatic heterocycles. The molecule has 5 amide bonds. The number of rotatable bonds is 48. The fraction of sp³-hybridized carbons (Fsp3) is 0.794. The molecule has 4 unspecified atom stereocenters. The number of likely N-dealkylation sites (tertiary alicyclic amines) is 1. The number of anilines is 1. The Morgan fingerprint density at radius 1 is 0.533 bits per heavy atom.